The Morgan fingerprint density at radius 3 is 2.11 bits per heavy atom. The Balaban J connectivity index is 1.73. The largest absolute Gasteiger partial charge is 0.489 e. The van der Waals surface area contributed by atoms with E-state index in [9.17, 15) is 21.1 Å². The van der Waals surface area contributed by atoms with E-state index < -0.39 is 28.7 Å². The SMILES string of the molecule is O=S(=O)(F)Oc1ccc(OCc2c(F)cc(-c3cccnc3)cc2F)cc1. The lowest BCUT2D eigenvalue weighted by Crippen LogP contribution is -2.03. The minimum atomic E-state index is -5.13. The molecule has 2 aromatic carbocycles. The highest BCUT2D eigenvalue weighted by atomic mass is 32.3. The van der Waals surface area contributed by atoms with Gasteiger partial charge < -0.3 is 8.92 Å². The van der Waals surface area contributed by atoms with E-state index in [0.717, 1.165) is 12.1 Å². The zero-order valence-corrected chi connectivity index (χ0v) is 14.4. The molecule has 0 N–H and O–H groups in total. The molecule has 0 spiro atoms. The summed E-state index contributed by atoms with van der Waals surface area (Å²) in [6, 6.07) is 10.5. The highest BCUT2D eigenvalue weighted by Crippen LogP contribution is 2.25. The molecule has 0 amide bonds. The molecular formula is C18H12F3NO4S. The molecule has 0 aliphatic carbocycles. The fourth-order valence-corrected chi connectivity index (χ4v) is 2.64. The summed E-state index contributed by atoms with van der Waals surface area (Å²) in [6.07, 6.45) is 3.05. The average molecular weight is 395 g/mol. The number of aromatic nitrogens is 1. The summed E-state index contributed by atoms with van der Waals surface area (Å²) in [5.74, 6) is -1.63. The second-order valence-corrected chi connectivity index (χ2v) is 6.35. The van der Waals surface area contributed by atoms with Gasteiger partial charge in [-0.05, 0) is 48.0 Å². The first-order valence-corrected chi connectivity index (χ1v) is 8.88. The van der Waals surface area contributed by atoms with Crippen LogP contribution in [0.1, 0.15) is 5.56 Å². The molecule has 0 saturated carbocycles. The van der Waals surface area contributed by atoms with Crippen molar-refractivity contribution in [3.05, 3.63) is 78.1 Å². The molecule has 0 aliphatic heterocycles. The third-order valence-corrected chi connectivity index (χ3v) is 3.93. The molecular weight excluding hydrogens is 383 g/mol. The van der Waals surface area contributed by atoms with Gasteiger partial charge in [-0.25, -0.2) is 8.78 Å². The van der Waals surface area contributed by atoms with Crippen LogP contribution in [0.15, 0.2) is 60.9 Å². The monoisotopic (exact) mass is 395 g/mol. The van der Waals surface area contributed by atoms with Gasteiger partial charge in [0.2, 0.25) is 0 Å². The Bertz CT molecular complexity index is 1020. The van der Waals surface area contributed by atoms with Crippen LogP contribution in [-0.2, 0) is 17.1 Å². The minimum absolute atomic E-state index is 0.189. The second-order valence-electron chi connectivity index (χ2n) is 5.40. The Morgan fingerprint density at radius 2 is 1.56 bits per heavy atom. The highest BCUT2D eigenvalue weighted by Gasteiger charge is 2.14. The van der Waals surface area contributed by atoms with Gasteiger partial charge in [0.1, 0.15) is 29.7 Å². The topological polar surface area (TPSA) is 65.5 Å². The van der Waals surface area contributed by atoms with Crippen LogP contribution < -0.4 is 8.92 Å². The average Bonchev–Trinajstić information content (AvgIpc) is 2.62. The number of hydrogen-bond acceptors (Lipinski definition) is 5. The third kappa shape index (κ3) is 4.98. The van der Waals surface area contributed by atoms with Crippen LogP contribution in [0.5, 0.6) is 11.5 Å². The Kier molecular flexibility index (Phi) is 5.31. The van der Waals surface area contributed by atoms with Crippen molar-refractivity contribution in [3.63, 3.8) is 0 Å². The van der Waals surface area contributed by atoms with E-state index in [1.165, 1.54) is 30.5 Å². The number of pyridine rings is 1. The van der Waals surface area contributed by atoms with Crippen LogP contribution in [-0.4, -0.2) is 13.4 Å². The highest BCUT2D eigenvalue weighted by molar-refractivity contribution is 7.81. The molecule has 0 fully saturated rings. The van der Waals surface area contributed by atoms with Crippen LogP contribution in [0.3, 0.4) is 0 Å². The van der Waals surface area contributed by atoms with Gasteiger partial charge in [0.05, 0.1) is 5.56 Å². The van der Waals surface area contributed by atoms with E-state index >= 15 is 0 Å². The van der Waals surface area contributed by atoms with Gasteiger partial charge in [-0.2, -0.15) is 8.42 Å². The molecule has 0 unspecified atom stereocenters. The summed E-state index contributed by atoms with van der Waals surface area (Å²) in [4.78, 5) is 3.91. The van der Waals surface area contributed by atoms with E-state index in [2.05, 4.69) is 9.17 Å². The van der Waals surface area contributed by atoms with Crippen LogP contribution in [0, 0.1) is 11.6 Å². The molecule has 3 rings (SSSR count). The molecule has 27 heavy (non-hydrogen) atoms. The maximum absolute atomic E-state index is 14.3. The summed E-state index contributed by atoms with van der Waals surface area (Å²) in [7, 11) is -5.13. The predicted octanol–water partition coefficient (Wildman–Crippen LogP) is 4.20. The molecule has 1 aromatic heterocycles. The fraction of sp³-hybridized carbons (Fsp3) is 0.0556. The standard InChI is InChI=1S/C18H12F3NO4S/c19-17-8-13(12-2-1-7-22-10-12)9-18(20)16(17)11-25-14-3-5-15(6-4-14)26-27(21,23)24/h1-10H,11H2. The van der Waals surface area contributed by atoms with Crippen molar-refractivity contribution in [3.8, 4) is 22.6 Å². The number of nitrogens with zero attached hydrogens (tertiary/aromatic N) is 1. The Labute approximate surface area is 153 Å². The van der Waals surface area contributed by atoms with Crippen molar-refractivity contribution in [1.29, 1.82) is 0 Å². The first kappa shape index (κ1) is 18.7. The smallest absolute Gasteiger partial charge is 0.488 e. The number of halogens is 3. The molecule has 3 aromatic rings. The van der Waals surface area contributed by atoms with E-state index in [0.29, 0.717) is 11.1 Å². The molecule has 0 aliphatic rings. The molecule has 9 heteroatoms. The zero-order valence-electron chi connectivity index (χ0n) is 13.6. The van der Waals surface area contributed by atoms with Crippen molar-refractivity contribution >= 4 is 10.5 Å². The van der Waals surface area contributed by atoms with Crippen LogP contribution >= 0.6 is 0 Å². The van der Waals surface area contributed by atoms with Gasteiger partial charge >= 0.3 is 10.5 Å². The molecule has 0 bridgehead atoms. The first-order chi connectivity index (χ1) is 12.8. The van der Waals surface area contributed by atoms with E-state index in [1.54, 1.807) is 18.3 Å². The summed E-state index contributed by atoms with van der Waals surface area (Å²) < 4.78 is 71.1. The number of ether oxygens (including phenoxy) is 1. The fourth-order valence-electron chi connectivity index (χ4n) is 2.30. The van der Waals surface area contributed by atoms with Crippen LogP contribution in [0.4, 0.5) is 12.7 Å². The second kappa shape index (κ2) is 7.67. The molecule has 140 valence electrons. The summed E-state index contributed by atoms with van der Waals surface area (Å²) in [5, 5.41) is 0. The predicted molar refractivity (Wildman–Crippen MR) is 91.0 cm³/mol. The molecule has 0 atom stereocenters. The molecule has 0 saturated heterocycles. The molecule has 1 heterocycles. The Morgan fingerprint density at radius 1 is 0.926 bits per heavy atom. The first-order valence-electron chi connectivity index (χ1n) is 7.57. The van der Waals surface area contributed by atoms with E-state index in [1.807, 2.05) is 0 Å². The quantitative estimate of drug-likeness (QED) is 0.586. The van der Waals surface area contributed by atoms with Crippen molar-refractivity contribution in [2.45, 2.75) is 6.61 Å². The van der Waals surface area contributed by atoms with Gasteiger partial charge in [0.15, 0.2) is 0 Å². The lowest BCUT2D eigenvalue weighted by Gasteiger charge is -2.10. The van der Waals surface area contributed by atoms with Crippen molar-refractivity contribution in [2.75, 3.05) is 0 Å². The van der Waals surface area contributed by atoms with Gasteiger partial charge in [-0.1, -0.05) is 9.95 Å². The lowest BCUT2D eigenvalue weighted by atomic mass is 10.0. The molecule has 0 radical (unpaired) electrons. The van der Waals surface area contributed by atoms with Gasteiger partial charge in [-0.3, -0.25) is 4.98 Å². The van der Waals surface area contributed by atoms with Crippen molar-refractivity contribution in [1.82, 2.24) is 4.98 Å². The maximum atomic E-state index is 14.3. The summed E-state index contributed by atoms with van der Waals surface area (Å²) in [5.41, 5.74) is 0.645. The van der Waals surface area contributed by atoms with Crippen molar-refractivity contribution in [2.24, 2.45) is 0 Å². The number of rotatable bonds is 6. The normalized spacial score (nSPS) is 11.2. The van der Waals surface area contributed by atoms with E-state index in [-0.39, 0.29) is 17.1 Å². The lowest BCUT2D eigenvalue weighted by molar-refractivity contribution is 0.292. The van der Waals surface area contributed by atoms with Crippen LogP contribution in [0.25, 0.3) is 11.1 Å². The van der Waals surface area contributed by atoms with Gasteiger partial charge in [0.25, 0.3) is 0 Å². The number of hydrogen-bond donors (Lipinski definition) is 0. The van der Waals surface area contributed by atoms with E-state index in [4.69, 9.17) is 4.74 Å². The molecule has 5 nitrogen and oxygen atoms in total. The third-order valence-electron chi connectivity index (χ3n) is 3.54. The minimum Gasteiger partial charge on any atom is -0.489 e. The Hall–Kier alpha value is -3.07. The van der Waals surface area contributed by atoms with Crippen molar-refractivity contribution < 1.29 is 30.0 Å². The maximum Gasteiger partial charge on any atom is 0.488 e. The number of benzene rings is 2. The summed E-state index contributed by atoms with van der Waals surface area (Å²) >= 11 is 0. The summed E-state index contributed by atoms with van der Waals surface area (Å²) in [6.45, 7) is -0.396. The van der Waals surface area contributed by atoms with Crippen LogP contribution in [0.2, 0.25) is 0 Å². The van der Waals surface area contributed by atoms with Gasteiger partial charge in [-0.15, -0.1) is 0 Å². The zero-order chi connectivity index (χ0) is 19.4. The van der Waals surface area contributed by atoms with Gasteiger partial charge in [0, 0.05) is 18.0 Å².